The molecule has 9 nitrogen and oxygen atoms in total. The monoisotopic (exact) mass is 411 g/mol. The Hall–Kier alpha value is -2.71. The van der Waals surface area contributed by atoms with Gasteiger partial charge in [0.1, 0.15) is 0 Å². The van der Waals surface area contributed by atoms with Gasteiger partial charge in [-0.3, -0.25) is 14.9 Å². The summed E-state index contributed by atoms with van der Waals surface area (Å²) in [5.41, 5.74) is 1.15. The minimum atomic E-state index is -0.474. The molecule has 158 valence electrons. The molecule has 5 fully saturated rings. The first kappa shape index (κ1) is 18.1. The lowest BCUT2D eigenvalue weighted by molar-refractivity contribution is -0.383. The highest BCUT2D eigenvalue weighted by Gasteiger charge is 2.55. The van der Waals surface area contributed by atoms with Gasteiger partial charge in [0.25, 0.3) is 0 Å². The van der Waals surface area contributed by atoms with Gasteiger partial charge >= 0.3 is 5.69 Å². The Morgan fingerprint density at radius 2 is 1.60 bits per heavy atom. The lowest BCUT2D eigenvalue weighted by Crippen LogP contribution is -2.58. The first-order valence-electron chi connectivity index (χ1n) is 11.0. The molecule has 0 atom stereocenters. The summed E-state index contributed by atoms with van der Waals surface area (Å²) in [6.07, 6.45) is 7.27. The average Bonchev–Trinajstić information content (AvgIpc) is 3.21. The third kappa shape index (κ3) is 2.63. The van der Waals surface area contributed by atoms with Crippen molar-refractivity contribution in [3.63, 3.8) is 0 Å². The molecular weight excluding hydrogens is 386 g/mol. The zero-order valence-corrected chi connectivity index (χ0v) is 16.8. The second-order valence-electron chi connectivity index (χ2n) is 9.80. The number of piperazine rings is 1. The highest BCUT2D eigenvalue weighted by Crippen LogP contribution is 2.60. The largest absolute Gasteiger partial charge is 0.366 e. The van der Waals surface area contributed by atoms with E-state index >= 15 is 0 Å². The van der Waals surface area contributed by atoms with Gasteiger partial charge in [-0.25, -0.2) is 4.63 Å². The van der Waals surface area contributed by atoms with Crippen LogP contribution in [0.2, 0.25) is 0 Å². The molecule has 30 heavy (non-hydrogen) atoms. The van der Waals surface area contributed by atoms with Crippen LogP contribution in [0.4, 0.5) is 11.4 Å². The van der Waals surface area contributed by atoms with Gasteiger partial charge in [0, 0.05) is 32.2 Å². The normalized spacial score (nSPS) is 32.7. The molecule has 4 bridgehead atoms. The van der Waals surface area contributed by atoms with Crippen molar-refractivity contribution in [1.29, 1.82) is 0 Å². The van der Waals surface area contributed by atoms with Crippen molar-refractivity contribution in [2.75, 3.05) is 31.1 Å². The number of hydrogen-bond acceptors (Lipinski definition) is 7. The molecule has 4 saturated carbocycles. The van der Waals surface area contributed by atoms with Crippen LogP contribution in [0, 0.1) is 33.3 Å². The third-order valence-electron chi connectivity index (χ3n) is 7.97. The van der Waals surface area contributed by atoms with Gasteiger partial charge in [-0.05, 0) is 72.7 Å². The number of carbonyl (C=O) groups is 1. The molecule has 9 heteroatoms. The molecule has 1 amide bonds. The standard InChI is InChI=1S/C21H25N5O4/c27-20(21-10-13-7-14(11-21)9-15(8-13)12-21)25-5-3-24(4-6-25)16-1-2-17(26(28)29)19-18(16)22-30-23-19/h1-2,13-15H,3-12H2. The van der Waals surface area contributed by atoms with Crippen LogP contribution in [0.3, 0.4) is 0 Å². The SMILES string of the molecule is O=C(N1CCN(c2ccc([N+](=O)[O-])c3nonc23)CC1)C12CC3CC(CC(C3)C1)C2. The number of fused-ring (bicyclic) bond motifs is 1. The maximum Gasteiger partial charge on any atom is 0.300 e. The molecule has 0 unspecified atom stereocenters. The smallest absolute Gasteiger partial charge is 0.300 e. The van der Waals surface area contributed by atoms with E-state index in [-0.39, 0.29) is 16.6 Å². The van der Waals surface area contributed by atoms with Gasteiger partial charge in [-0.1, -0.05) is 0 Å². The number of anilines is 1. The number of aromatic nitrogens is 2. The Balaban J connectivity index is 1.19. The number of carbonyl (C=O) groups excluding carboxylic acids is 1. The summed E-state index contributed by atoms with van der Waals surface area (Å²) in [4.78, 5) is 28.5. The van der Waals surface area contributed by atoms with E-state index in [4.69, 9.17) is 4.63 Å². The van der Waals surface area contributed by atoms with Crippen LogP contribution in [0.1, 0.15) is 38.5 Å². The van der Waals surface area contributed by atoms with Crippen molar-refractivity contribution in [2.45, 2.75) is 38.5 Å². The van der Waals surface area contributed by atoms with Crippen LogP contribution >= 0.6 is 0 Å². The van der Waals surface area contributed by atoms with Crippen LogP contribution in [0.25, 0.3) is 11.0 Å². The number of rotatable bonds is 3. The Labute approximate surface area is 173 Å². The van der Waals surface area contributed by atoms with Crippen LogP contribution in [-0.2, 0) is 4.79 Å². The molecule has 2 heterocycles. The van der Waals surface area contributed by atoms with Crippen LogP contribution < -0.4 is 4.90 Å². The quantitative estimate of drug-likeness (QED) is 0.565. The number of non-ortho nitro benzene ring substituents is 1. The van der Waals surface area contributed by atoms with Gasteiger partial charge in [0.15, 0.2) is 5.52 Å². The molecule has 7 rings (SSSR count). The fraction of sp³-hybridized carbons (Fsp3) is 0.667. The molecular formula is C21H25N5O4. The lowest BCUT2D eigenvalue weighted by Gasteiger charge is -2.57. The number of nitrogens with zero attached hydrogens (tertiary/aromatic N) is 5. The van der Waals surface area contributed by atoms with Gasteiger partial charge in [0.05, 0.1) is 16.0 Å². The van der Waals surface area contributed by atoms with Crippen LogP contribution in [-0.4, -0.2) is 52.2 Å². The lowest BCUT2D eigenvalue weighted by atomic mass is 9.49. The second kappa shape index (κ2) is 6.39. The Kier molecular flexibility index (Phi) is 3.85. The van der Waals surface area contributed by atoms with Gasteiger partial charge in [0.2, 0.25) is 11.4 Å². The molecule has 5 aliphatic rings. The fourth-order valence-corrected chi connectivity index (χ4v) is 7.10. The molecule has 1 aliphatic heterocycles. The van der Waals surface area contributed by atoms with Crippen molar-refractivity contribution in [3.05, 3.63) is 22.2 Å². The molecule has 4 aliphatic carbocycles. The summed E-state index contributed by atoms with van der Waals surface area (Å²) in [5, 5.41) is 18.9. The first-order valence-corrected chi connectivity index (χ1v) is 11.0. The summed E-state index contributed by atoms with van der Waals surface area (Å²) in [7, 11) is 0. The van der Waals surface area contributed by atoms with Crippen molar-refractivity contribution in [3.8, 4) is 0 Å². The number of nitro benzene ring substituents is 1. The number of benzene rings is 1. The van der Waals surface area contributed by atoms with Crippen molar-refractivity contribution >= 4 is 28.3 Å². The summed E-state index contributed by atoms with van der Waals surface area (Å²) >= 11 is 0. The average molecular weight is 411 g/mol. The summed E-state index contributed by atoms with van der Waals surface area (Å²) in [5.74, 6) is 2.65. The molecule has 0 radical (unpaired) electrons. The van der Waals surface area contributed by atoms with Crippen LogP contribution in [0.15, 0.2) is 16.8 Å². The molecule has 1 aromatic carbocycles. The molecule has 1 aromatic heterocycles. The van der Waals surface area contributed by atoms with Gasteiger partial charge in [-0.2, -0.15) is 0 Å². The Bertz CT molecular complexity index is 990. The van der Waals surface area contributed by atoms with Crippen molar-refractivity contribution in [2.24, 2.45) is 23.2 Å². The summed E-state index contributed by atoms with van der Waals surface area (Å²) < 4.78 is 4.79. The zero-order chi connectivity index (χ0) is 20.5. The summed E-state index contributed by atoms with van der Waals surface area (Å²) in [6, 6.07) is 3.16. The van der Waals surface area contributed by atoms with E-state index in [9.17, 15) is 14.9 Å². The van der Waals surface area contributed by atoms with E-state index in [1.165, 1.54) is 25.3 Å². The van der Waals surface area contributed by atoms with Crippen LogP contribution in [0.5, 0.6) is 0 Å². The fourth-order valence-electron chi connectivity index (χ4n) is 7.10. The van der Waals surface area contributed by atoms with E-state index in [1.807, 2.05) is 0 Å². The molecule has 0 spiro atoms. The zero-order valence-electron chi connectivity index (χ0n) is 16.8. The Morgan fingerprint density at radius 3 is 2.20 bits per heavy atom. The van der Waals surface area contributed by atoms with Gasteiger partial charge < -0.3 is 9.80 Å². The molecule has 2 aromatic rings. The van der Waals surface area contributed by atoms with E-state index < -0.39 is 4.92 Å². The van der Waals surface area contributed by atoms with E-state index in [0.29, 0.717) is 37.6 Å². The number of hydrogen-bond donors (Lipinski definition) is 0. The molecule has 0 N–H and O–H groups in total. The molecule has 1 saturated heterocycles. The third-order valence-corrected chi connectivity index (χ3v) is 7.97. The summed E-state index contributed by atoms with van der Waals surface area (Å²) in [6.45, 7) is 2.70. The minimum absolute atomic E-state index is 0.104. The Morgan fingerprint density at radius 1 is 1.00 bits per heavy atom. The number of amides is 1. The maximum absolute atomic E-state index is 13.6. The highest BCUT2D eigenvalue weighted by atomic mass is 16.6. The predicted molar refractivity (Wildman–Crippen MR) is 108 cm³/mol. The maximum atomic E-state index is 13.6. The van der Waals surface area contributed by atoms with Gasteiger partial charge in [-0.15, -0.1) is 0 Å². The van der Waals surface area contributed by atoms with Crippen molar-refractivity contribution < 1.29 is 14.3 Å². The first-order chi connectivity index (χ1) is 14.5. The highest BCUT2D eigenvalue weighted by molar-refractivity contribution is 5.94. The second-order valence-corrected chi connectivity index (χ2v) is 9.80. The topological polar surface area (TPSA) is 106 Å². The number of nitro groups is 1. The van der Waals surface area contributed by atoms with Crippen molar-refractivity contribution in [1.82, 2.24) is 15.2 Å². The predicted octanol–water partition coefficient (Wildman–Crippen LogP) is 3.00. The minimum Gasteiger partial charge on any atom is -0.366 e. The van der Waals surface area contributed by atoms with E-state index in [2.05, 4.69) is 20.1 Å². The van der Waals surface area contributed by atoms with E-state index in [1.54, 1.807) is 6.07 Å². The van der Waals surface area contributed by atoms with E-state index in [0.717, 1.165) is 42.7 Å².